The number of aliphatic imine (C=N–C) groups is 1. The SMILES string of the molecule is CC(=C/c1ccccc1)/C=C1/N=C(c2cccc(Cl)c2)OC1=O. The van der Waals surface area contributed by atoms with Crippen molar-refractivity contribution in [2.45, 2.75) is 6.92 Å². The van der Waals surface area contributed by atoms with Gasteiger partial charge in [-0.25, -0.2) is 9.79 Å². The molecular weight excluding hydrogens is 310 g/mol. The third-order valence-corrected chi connectivity index (χ3v) is 3.49. The van der Waals surface area contributed by atoms with Gasteiger partial charge in [-0.2, -0.15) is 0 Å². The van der Waals surface area contributed by atoms with Crippen molar-refractivity contribution in [1.29, 1.82) is 0 Å². The minimum atomic E-state index is -0.458. The van der Waals surface area contributed by atoms with Gasteiger partial charge in [-0.15, -0.1) is 0 Å². The zero-order valence-corrected chi connectivity index (χ0v) is 13.2. The number of carbonyl (C=O) groups excluding carboxylic acids is 1. The fraction of sp³-hybridized carbons (Fsp3) is 0.0526. The lowest BCUT2D eigenvalue weighted by Gasteiger charge is -1.98. The number of cyclic esters (lactones) is 1. The van der Waals surface area contributed by atoms with Gasteiger partial charge < -0.3 is 4.74 Å². The Kier molecular flexibility index (Phi) is 4.40. The van der Waals surface area contributed by atoms with Gasteiger partial charge in [0.15, 0.2) is 5.70 Å². The Morgan fingerprint density at radius 3 is 2.65 bits per heavy atom. The summed E-state index contributed by atoms with van der Waals surface area (Å²) in [5.41, 5.74) is 2.94. The smallest absolute Gasteiger partial charge is 0.363 e. The second-order valence-corrected chi connectivity index (χ2v) is 5.58. The molecule has 0 radical (unpaired) electrons. The minimum absolute atomic E-state index is 0.274. The highest BCUT2D eigenvalue weighted by Gasteiger charge is 2.24. The van der Waals surface area contributed by atoms with Gasteiger partial charge in [-0.1, -0.05) is 54.1 Å². The molecule has 0 fully saturated rings. The van der Waals surface area contributed by atoms with E-state index in [0.717, 1.165) is 11.1 Å². The van der Waals surface area contributed by atoms with E-state index in [2.05, 4.69) is 4.99 Å². The normalized spacial score (nSPS) is 16.4. The fourth-order valence-electron chi connectivity index (χ4n) is 2.22. The molecule has 0 N–H and O–H groups in total. The second-order valence-electron chi connectivity index (χ2n) is 5.15. The van der Waals surface area contributed by atoms with Gasteiger partial charge in [0, 0.05) is 10.6 Å². The first-order valence-corrected chi connectivity index (χ1v) is 7.51. The molecule has 0 saturated carbocycles. The molecule has 1 heterocycles. The number of halogens is 1. The largest absolute Gasteiger partial charge is 0.402 e. The van der Waals surface area contributed by atoms with Gasteiger partial charge >= 0.3 is 5.97 Å². The molecular formula is C19H14ClNO2. The van der Waals surface area contributed by atoms with Crippen molar-refractivity contribution >= 4 is 29.5 Å². The van der Waals surface area contributed by atoms with Crippen molar-refractivity contribution in [3.05, 3.63) is 88.1 Å². The Morgan fingerprint density at radius 1 is 1.13 bits per heavy atom. The maximum Gasteiger partial charge on any atom is 0.363 e. The third kappa shape index (κ3) is 3.76. The molecule has 1 aliphatic rings. The minimum Gasteiger partial charge on any atom is -0.402 e. The van der Waals surface area contributed by atoms with Crippen LogP contribution in [0.3, 0.4) is 0 Å². The van der Waals surface area contributed by atoms with Crippen molar-refractivity contribution in [2.24, 2.45) is 4.99 Å². The second kappa shape index (κ2) is 6.63. The highest BCUT2D eigenvalue weighted by molar-refractivity contribution is 6.31. The average Bonchev–Trinajstić information content (AvgIpc) is 2.89. The van der Waals surface area contributed by atoms with E-state index in [1.54, 1.807) is 30.3 Å². The molecule has 0 amide bonds. The summed E-state index contributed by atoms with van der Waals surface area (Å²) in [7, 11) is 0. The summed E-state index contributed by atoms with van der Waals surface area (Å²) >= 11 is 5.95. The fourth-order valence-corrected chi connectivity index (χ4v) is 2.41. The van der Waals surface area contributed by atoms with Gasteiger partial charge in [0.1, 0.15) is 0 Å². The van der Waals surface area contributed by atoms with E-state index < -0.39 is 5.97 Å². The molecule has 2 aromatic carbocycles. The number of rotatable bonds is 3. The monoisotopic (exact) mass is 323 g/mol. The van der Waals surface area contributed by atoms with Crippen LogP contribution < -0.4 is 0 Å². The molecule has 4 heteroatoms. The molecule has 0 spiro atoms. The lowest BCUT2D eigenvalue weighted by atomic mass is 10.1. The molecule has 1 aliphatic heterocycles. The molecule has 2 aromatic rings. The standard InChI is InChI=1S/C19H14ClNO2/c1-13(10-14-6-3-2-4-7-14)11-17-19(22)23-18(21-17)15-8-5-9-16(20)12-15/h2-12H,1H3/b13-10-,17-11+. The van der Waals surface area contributed by atoms with E-state index >= 15 is 0 Å². The van der Waals surface area contributed by atoms with Gasteiger partial charge in [0.25, 0.3) is 0 Å². The summed E-state index contributed by atoms with van der Waals surface area (Å²) in [4.78, 5) is 16.2. The number of hydrogen-bond acceptors (Lipinski definition) is 3. The molecule has 0 saturated heterocycles. The highest BCUT2D eigenvalue weighted by Crippen LogP contribution is 2.20. The molecule has 0 atom stereocenters. The van der Waals surface area contributed by atoms with Crippen molar-refractivity contribution in [3.8, 4) is 0 Å². The number of allylic oxidation sites excluding steroid dienone is 2. The van der Waals surface area contributed by atoms with E-state index in [0.29, 0.717) is 10.6 Å². The predicted octanol–water partition coefficient (Wildman–Crippen LogP) is 4.63. The van der Waals surface area contributed by atoms with Crippen LogP contribution in [0.1, 0.15) is 18.1 Å². The Bertz CT molecular complexity index is 835. The first-order chi connectivity index (χ1) is 11.1. The number of carbonyl (C=O) groups is 1. The summed E-state index contributed by atoms with van der Waals surface area (Å²) in [6.45, 7) is 1.92. The number of hydrogen-bond donors (Lipinski definition) is 0. The first-order valence-electron chi connectivity index (χ1n) is 7.14. The predicted molar refractivity (Wildman–Crippen MR) is 92.3 cm³/mol. The van der Waals surface area contributed by atoms with E-state index in [4.69, 9.17) is 16.3 Å². The van der Waals surface area contributed by atoms with Crippen LogP contribution in [0.2, 0.25) is 5.02 Å². The Hall–Kier alpha value is -2.65. The van der Waals surface area contributed by atoms with Crippen molar-refractivity contribution in [3.63, 3.8) is 0 Å². The summed E-state index contributed by atoms with van der Waals surface area (Å²) < 4.78 is 5.22. The van der Waals surface area contributed by atoms with Crippen molar-refractivity contribution in [1.82, 2.24) is 0 Å². The molecule has 3 nitrogen and oxygen atoms in total. The molecule has 3 rings (SSSR count). The van der Waals surface area contributed by atoms with E-state index in [-0.39, 0.29) is 11.6 Å². The molecule has 23 heavy (non-hydrogen) atoms. The first kappa shape index (κ1) is 15.3. The van der Waals surface area contributed by atoms with Gasteiger partial charge in [0.05, 0.1) is 0 Å². The topological polar surface area (TPSA) is 38.7 Å². The summed E-state index contributed by atoms with van der Waals surface area (Å²) in [6.07, 6.45) is 3.69. The van der Waals surface area contributed by atoms with E-state index in [1.807, 2.05) is 43.3 Å². The van der Waals surface area contributed by atoms with Crippen LogP contribution in [0.15, 0.2) is 76.9 Å². The van der Waals surface area contributed by atoms with Crippen LogP contribution in [0.4, 0.5) is 0 Å². The van der Waals surface area contributed by atoms with Gasteiger partial charge in [0.2, 0.25) is 5.90 Å². The van der Waals surface area contributed by atoms with Crippen molar-refractivity contribution in [2.75, 3.05) is 0 Å². The number of esters is 1. The molecule has 0 aromatic heterocycles. The lowest BCUT2D eigenvalue weighted by Crippen LogP contribution is -2.05. The van der Waals surface area contributed by atoms with Crippen LogP contribution in [0, 0.1) is 0 Å². The third-order valence-electron chi connectivity index (χ3n) is 3.25. The van der Waals surface area contributed by atoms with Gasteiger partial charge in [-0.3, -0.25) is 0 Å². The molecule has 114 valence electrons. The Balaban J connectivity index is 1.88. The van der Waals surface area contributed by atoms with Crippen LogP contribution in [-0.4, -0.2) is 11.9 Å². The lowest BCUT2D eigenvalue weighted by molar-refractivity contribution is -0.130. The zero-order valence-electron chi connectivity index (χ0n) is 12.5. The average molecular weight is 324 g/mol. The Labute approximate surface area is 139 Å². The van der Waals surface area contributed by atoms with Crippen LogP contribution in [-0.2, 0) is 9.53 Å². The maximum absolute atomic E-state index is 12.0. The highest BCUT2D eigenvalue weighted by atomic mass is 35.5. The summed E-state index contributed by atoms with van der Waals surface area (Å²) in [5.74, 6) is -0.183. The van der Waals surface area contributed by atoms with Crippen molar-refractivity contribution < 1.29 is 9.53 Å². The molecule has 0 bridgehead atoms. The number of benzene rings is 2. The summed E-state index contributed by atoms with van der Waals surface area (Å²) in [6, 6.07) is 16.9. The van der Waals surface area contributed by atoms with Crippen LogP contribution >= 0.6 is 11.6 Å². The Morgan fingerprint density at radius 2 is 1.91 bits per heavy atom. The zero-order chi connectivity index (χ0) is 16.2. The van der Waals surface area contributed by atoms with Crippen LogP contribution in [0.5, 0.6) is 0 Å². The van der Waals surface area contributed by atoms with Gasteiger partial charge in [-0.05, 0) is 42.3 Å². The molecule has 0 aliphatic carbocycles. The quantitative estimate of drug-likeness (QED) is 0.610. The summed E-state index contributed by atoms with van der Waals surface area (Å²) in [5, 5.41) is 0.568. The van der Waals surface area contributed by atoms with E-state index in [1.165, 1.54) is 0 Å². The van der Waals surface area contributed by atoms with E-state index in [9.17, 15) is 4.79 Å². The maximum atomic E-state index is 12.0. The number of nitrogens with zero attached hydrogens (tertiary/aromatic N) is 1. The van der Waals surface area contributed by atoms with Crippen LogP contribution in [0.25, 0.3) is 6.08 Å². The number of ether oxygens (including phenoxy) is 1. The molecule has 0 unspecified atom stereocenters.